The maximum atomic E-state index is 11.8. The Balaban J connectivity index is 3.03. The largest absolute Gasteiger partial charge is 0.350 e. The Morgan fingerprint density at radius 3 is 2.67 bits per heavy atom. The first-order valence-corrected chi connectivity index (χ1v) is 4.92. The smallest absolute Gasteiger partial charge is 0.251 e. The van der Waals surface area contributed by atoms with Gasteiger partial charge in [-0.05, 0) is 38.5 Å². The minimum Gasteiger partial charge on any atom is -0.350 e. The zero-order valence-electron chi connectivity index (χ0n) is 9.29. The van der Waals surface area contributed by atoms with Crippen molar-refractivity contribution in [1.82, 2.24) is 5.32 Å². The molecule has 1 aromatic carbocycles. The number of hydrogen-bond donors (Lipinski definition) is 1. The molecule has 0 aromatic heterocycles. The molecule has 0 radical (unpaired) electrons. The third kappa shape index (κ3) is 2.85. The van der Waals surface area contributed by atoms with Crippen LogP contribution in [0.25, 0.3) is 0 Å². The Morgan fingerprint density at radius 2 is 2.13 bits per heavy atom. The highest BCUT2D eigenvalue weighted by molar-refractivity contribution is 5.96. The van der Waals surface area contributed by atoms with Gasteiger partial charge in [0.1, 0.15) is 0 Å². The van der Waals surface area contributed by atoms with Crippen molar-refractivity contribution in [3.05, 3.63) is 34.9 Å². The summed E-state index contributed by atoms with van der Waals surface area (Å²) in [5, 5.41) is 2.84. The van der Waals surface area contributed by atoms with Crippen LogP contribution in [0.3, 0.4) is 0 Å². The maximum absolute atomic E-state index is 11.8. The van der Waals surface area contributed by atoms with E-state index >= 15 is 0 Å². The Morgan fingerprint density at radius 1 is 1.47 bits per heavy atom. The molecule has 2 nitrogen and oxygen atoms in total. The van der Waals surface area contributed by atoms with Gasteiger partial charge in [0, 0.05) is 17.2 Å². The molecule has 0 fully saturated rings. The molecule has 0 spiro atoms. The van der Waals surface area contributed by atoms with Crippen LogP contribution in [0.5, 0.6) is 0 Å². The van der Waals surface area contributed by atoms with Gasteiger partial charge in [-0.3, -0.25) is 4.79 Å². The molecular formula is C13H15NO. The molecule has 78 valence electrons. The van der Waals surface area contributed by atoms with Crippen LogP contribution in [0, 0.1) is 19.3 Å². The predicted octanol–water partition coefficient (Wildman–Crippen LogP) is 2.11. The topological polar surface area (TPSA) is 29.1 Å². The molecule has 0 atom stereocenters. The van der Waals surface area contributed by atoms with E-state index in [1.54, 1.807) is 6.07 Å². The van der Waals surface area contributed by atoms with Crippen LogP contribution in [0.4, 0.5) is 0 Å². The fourth-order valence-electron chi connectivity index (χ4n) is 1.30. The van der Waals surface area contributed by atoms with Gasteiger partial charge >= 0.3 is 0 Å². The lowest BCUT2D eigenvalue weighted by molar-refractivity contribution is 0.0942. The van der Waals surface area contributed by atoms with E-state index in [0.29, 0.717) is 5.56 Å². The summed E-state index contributed by atoms with van der Waals surface area (Å²) in [7, 11) is 0. The van der Waals surface area contributed by atoms with E-state index in [1.165, 1.54) is 0 Å². The van der Waals surface area contributed by atoms with Crippen LogP contribution in [-0.2, 0) is 0 Å². The standard InChI is InChI=1S/C13H15NO/c1-5-11-7-6-10(4)12(8-11)13(15)14-9(2)3/h1,6-9H,2-4H3,(H,14,15). The number of carbonyl (C=O) groups excluding carboxylic acids is 1. The highest BCUT2D eigenvalue weighted by atomic mass is 16.1. The van der Waals surface area contributed by atoms with Gasteiger partial charge in [0.2, 0.25) is 0 Å². The lowest BCUT2D eigenvalue weighted by Gasteiger charge is -2.10. The summed E-state index contributed by atoms with van der Waals surface area (Å²) in [6.07, 6.45) is 5.29. The van der Waals surface area contributed by atoms with Crippen molar-refractivity contribution in [1.29, 1.82) is 0 Å². The Hall–Kier alpha value is -1.75. The van der Waals surface area contributed by atoms with Crippen molar-refractivity contribution < 1.29 is 4.79 Å². The van der Waals surface area contributed by atoms with Crippen LogP contribution in [0.2, 0.25) is 0 Å². The number of carbonyl (C=O) groups is 1. The van der Waals surface area contributed by atoms with E-state index < -0.39 is 0 Å². The van der Waals surface area contributed by atoms with Crippen molar-refractivity contribution >= 4 is 5.91 Å². The third-order valence-corrected chi connectivity index (χ3v) is 2.07. The van der Waals surface area contributed by atoms with Crippen LogP contribution in [0.15, 0.2) is 18.2 Å². The van der Waals surface area contributed by atoms with Crippen molar-refractivity contribution in [2.45, 2.75) is 26.8 Å². The number of aryl methyl sites for hydroxylation is 1. The molecule has 1 N–H and O–H groups in total. The van der Waals surface area contributed by atoms with Crippen LogP contribution < -0.4 is 5.32 Å². The van der Waals surface area contributed by atoms with Gasteiger partial charge in [-0.15, -0.1) is 6.42 Å². The normalized spacial score (nSPS) is 9.80. The monoisotopic (exact) mass is 201 g/mol. The molecule has 0 aliphatic heterocycles. The SMILES string of the molecule is C#Cc1ccc(C)c(C(=O)NC(C)C)c1. The first kappa shape index (κ1) is 11.3. The Labute approximate surface area is 90.7 Å². The van der Waals surface area contributed by atoms with Crippen LogP contribution in [0.1, 0.15) is 35.3 Å². The number of nitrogens with one attached hydrogen (secondary N) is 1. The molecule has 0 aliphatic carbocycles. The minimum atomic E-state index is -0.0698. The van der Waals surface area contributed by atoms with Gasteiger partial charge in [0.15, 0.2) is 0 Å². The van der Waals surface area contributed by atoms with Crippen molar-refractivity contribution in [2.24, 2.45) is 0 Å². The molecule has 15 heavy (non-hydrogen) atoms. The highest BCUT2D eigenvalue weighted by Gasteiger charge is 2.09. The fraction of sp³-hybridized carbons (Fsp3) is 0.308. The first-order chi connectivity index (χ1) is 7.04. The van der Waals surface area contributed by atoms with Gasteiger partial charge in [-0.25, -0.2) is 0 Å². The van der Waals surface area contributed by atoms with Gasteiger partial charge in [0.05, 0.1) is 0 Å². The number of amides is 1. The molecule has 0 bridgehead atoms. The molecule has 0 unspecified atom stereocenters. The number of benzene rings is 1. The second kappa shape index (κ2) is 4.65. The molecule has 2 heteroatoms. The minimum absolute atomic E-state index is 0.0698. The van der Waals surface area contributed by atoms with E-state index in [9.17, 15) is 4.79 Å². The Bertz CT molecular complexity index is 413. The summed E-state index contributed by atoms with van der Waals surface area (Å²) >= 11 is 0. The highest BCUT2D eigenvalue weighted by Crippen LogP contribution is 2.10. The average molecular weight is 201 g/mol. The number of terminal acetylenes is 1. The van der Waals surface area contributed by atoms with Gasteiger partial charge in [-0.2, -0.15) is 0 Å². The second-order valence-electron chi connectivity index (χ2n) is 3.80. The summed E-state index contributed by atoms with van der Waals surface area (Å²) in [6, 6.07) is 5.57. The first-order valence-electron chi connectivity index (χ1n) is 4.92. The van der Waals surface area contributed by atoms with Gasteiger partial charge < -0.3 is 5.32 Å². The Kier molecular flexibility index (Phi) is 3.51. The fourth-order valence-corrected chi connectivity index (χ4v) is 1.30. The summed E-state index contributed by atoms with van der Waals surface area (Å²) in [5.74, 6) is 2.45. The average Bonchev–Trinajstić information content (AvgIpc) is 2.17. The quantitative estimate of drug-likeness (QED) is 0.729. The summed E-state index contributed by atoms with van der Waals surface area (Å²) in [5.41, 5.74) is 2.32. The summed E-state index contributed by atoms with van der Waals surface area (Å²) < 4.78 is 0. The second-order valence-corrected chi connectivity index (χ2v) is 3.80. The number of rotatable bonds is 2. The van der Waals surface area contributed by atoms with E-state index in [4.69, 9.17) is 6.42 Å². The molecule has 0 saturated carbocycles. The van der Waals surface area contributed by atoms with E-state index in [2.05, 4.69) is 11.2 Å². The molecule has 0 aliphatic rings. The third-order valence-electron chi connectivity index (χ3n) is 2.07. The zero-order chi connectivity index (χ0) is 11.4. The van der Waals surface area contributed by atoms with Crippen molar-refractivity contribution in [3.63, 3.8) is 0 Å². The maximum Gasteiger partial charge on any atom is 0.251 e. The lowest BCUT2D eigenvalue weighted by Crippen LogP contribution is -2.30. The van der Waals surface area contributed by atoms with Crippen molar-refractivity contribution in [2.75, 3.05) is 0 Å². The molecule has 0 heterocycles. The van der Waals surface area contributed by atoms with Gasteiger partial charge in [0.25, 0.3) is 5.91 Å². The van der Waals surface area contributed by atoms with Gasteiger partial charge in [-0.1, -0.05) is 12.0 Å². The van der Waals surface area contributed by atoms with Crippen LogP contribution in [-0.4, -0.2) is 11.9 Å². The molecular weight excluding hydrogens is 186 g/mol. The summed E-state index contributed by atoms with van der Waals surface area (Å²) in [6.45, 7) is 5.76. The van der Waals surface area contributed by atoms with E-state index in [0.717, 1.165) is 11.1 Å². The predicted molar refractivity (Wildman–Crippen MR) is 61.7 cm³/mol. The lowest BCUT2D eigenvalue weighted by atomic mass is 10.0. The van der Waals surface area contributed by atoms with Crippen LogP contribution >= 0.6 is 0 Å². The molecule has 1 aromatic rings. The number of hydrogen-bond acceptors (Lipinski definition) is 1. The summed E-state index contributed by atoms with van der Waals surface area (Å²) in [4.78, 5) is 11.8. The van der Waals surface area contributed by atoms with E-state index in [1.807, 2.05) is 32.9 Å². The molecule has 1 rings (SSSR count). The van der Waals surface area contributed by atoms with E-state index in [-0.39, 0.29) is 11.9 Å². The molecule has 1 amide bonds. The van der Waals surface area contributed by atoms with Crippen molar-refractivity contribution in [3.8, 4) is 12.3 Å². The zero-order valence-corrected chi connectivity index (χ0v) is 9.29. The molecule has 0 saturated heterocycles.